The molecular weight excluding hydrogens is 352 g/mol. The van der Waals surface area contributed by atoms with Gasteiger partial charge in [0.05, 0.1) is 0 Å². The van der Waals surface area contributed by atoms with Gasteiger partial charge in [-0.25, -0.2) is 0 Å². The van der Waals surface area contributed by atoms with Gasteiger partial charge in [-0.3, -0.25) is 9.59 Å². The number of aryl methyl sites for hydroxylation is 1. The van der Waals surface area contributed by atoms with Crippen LogP contribution in [0.1, 0.15) is 44.6 Å². The summed E-state index contributed by atoms with van der Waals surface area (Å²) in [6.07, 6.45) is 0.501. The molecule has 1 aromatic carbocycles. The van der Waals surface area contributed by atoms with Crippen molar-refractivity contribution in [3.8, 4) is 0 Å². The quantitative estimate of drug-likeness (QED) is 0.830. The Kier molecular flexibility index (Phi) is 6.39. The highest BCUT2D eigenvalue weighted by Crippen LogP contribution is 2.25. The fourth-order valence-corrected chi connectivity index (χ4v) is 3.88. The van der Waals surface area contributed by atoms with Crippen molar-refractivity contribution in [1.29, 1.82) is 0 Å². The molecule has 2 aromatic rings. The topological polar surface area (TPSA) is 57.6 Å². The van der Waals surface area contributed by atoms with Gasteiger partial charge in [-0.1, -0.05) is 20.8 Å². The van der Waals surface area contributed by atoms with E-state index >= 15 is 0 Å². The first-order valence-corrected chi connectivity index (χ1v) is 10.4. The molecule has 0 spiro atoms. The van der Waals surface area contributed by atoms with Gasteiger partial charge in [0.1, 0.15) is 5.69 Å². The van der Waals surface area contributed by atoms with Gasteiger partial charge in [0.15, 0.2) is 0 Å². The average molecular weight is 385 g/mol. The predicted molar refractivity (Wildman–Crippen MR) is 114 cm³/mol. The van der Waals surface area contributed by atoms with Crippen LogP contribution in [0.25, 0.3) is 10.9 Å². The summed E-state index contributed by atoms with van der Waals surface area (Å²) in [6.45, 7) is 13.4. The first kappa shape index (κ1) is 20.4. The lowest BCUT2D eigenvalue weighted by Gasteiger charge is -2.34. The summed E-state index contributed by atoms with van der Waals surface area (Å²) in [5.41, 5.74) is 2.54. The van der Waals surface area contributed by atoms with E-state index in [1.54, 1.807) is 0 Å². The maximum Gasteiger partial charge on any atom is 0.270 e. The zero-order chi connectivity index (χ0) is 20.3. The smallest absolute Gasteiger partial charge is 0.270 e. The van der Waals surface area contributed by atoms with Crippen molar-refractivity contribution in [3.05, 3.63) is 30.0 Å². The number of hydrogen-bond donors (Lipinski definition) is 1. The van der Waals surface area contributed by atoms with Gasteiger partial charge in [0.25, 0.3) is 5.91 Å². The van der Waals surface area contributed by atoms with E-state index in [0.717, 1.165) is 61.6 Å². The molecule has 28 heavy (non-hydrogen) atoms. The van der Waals surface area contributed by atoms with Gasteiger partial charge in [-0.15, -0.1) is 0 Å². The molecule has 1 fully saturated rings. The van der Waals surface area contributed by atoms with Crippen LogP contribution in [-0.2, 0) is 11.3 Å². The summed E-state index contributed by atoms with van der Waals surface area (Å²) in [6, 6.07) is 7.84. The van der Waals surface area contributed by atoms with Gasteiger partial charge >= 0.3 is 0 Å². The molecule has 0 aliphatic carbocycles. The summed E-state index contributed by atoms with van der Waals surface area (Å²) in [5, 5.41) is 3.95. The SMILES string of the molecule is CCN1CCN(C(=O)c2cc3cc(NC(=O)CC(C)C)ccc3n2CC)CC1. The Labute approximate surface area is 167 Å². The largest absolute Gasteiger partial charge is 0.337 e. The molecule has 0 atom stereocenters. The van der Waals surface area contributed by atoms with Crippen molar-refractivity contribution < 1.29 is 9.59 Å². The predicted octanol–water partition coefficient (Wildman–Crippen LogP) is 3.42. The summed E-state index contributed by atoms with van der Waals surface area (Å²) >= 11 is 0. The lowest BCUT2D eigenvalue weighted by atomic mass is 10.1. The van der Waals surface area contributed by atoms with E-state index in [2.05, 4.69) is 28.6 Å². The molecule has 0 bridgehead atoms. The number of carbonyl (C=O) groups is 2. The molecule has 1 aromatic heterocycles. The van der Waals surface area contributed by atoms with E-state index in [-0.39, 0.29) is 11.8 Å². The Balaban J connectivity index is 1.83. The number of carbonyl (C=O) groups excluding carboxylic acids is 2. The van der Waals surface area contributed by atoms with Crippen LogP contribution < -0.4 is 5.32 Å². The zero-order valence-electron chi connectivity index (χ0n) is 17.5. The lowest BCUT2D eigenvalue weighted by Crippen LogP contribution is -2.48. The number of nitrogens with zero attached hydrogens (tertiary/aromatic N) is 3. The highest BCUT2D eigenvalue weighted by Gasteiger charge is 2.24. The number of anilines is 1. The van der Waals surface area contributed by atoms with Crippen LogP contribution in [0.3, 0.4) is 0 Å². The van der Waals surface area contributed by atoms with E-state index in [4.69, 9.17) is 0 Å². The third kappa shape index (κ3) is 4.38. The highest BCUT2D eigenvalue weighted by molar-refractivity contribution is 6.00. The van der Waals surface area contributed by atoms with Gasteiger partial charge < -0.3 is 19.7 Å². The third-order valence-electron chi connectivity index (χ3n) is 5.42. The van der Waals surface area contributed by atoms with Crippen LogP contribution in [0.15, 0.2) is 24.3 Å². The Morgan fingerprint density at radius 3 is 2.36 bits per heavy atom. The van der Waals surface area contributed by atoms with Crippen LogP contribution in [0.5, 0.6) is 0 Å². The number of likely N-dealkylation sites (N-methyl/N-ethyl adjacent to an activating group) is 1. The van der Waals surface area contributed by atoms with Gasteiger partial charge in [-0.2, -0.15) is 0 Å². The number of aromatic nitrogens is 1. The minimum absolute atomic E-state index is 0.0226. The number of fused-ring (bicyclic) bond motifs is 1. The fourth-order valence-electron chi connectivity index (χ4n) is 3.88. The number of nitrogens with one attached hydrogen (secondary N) is 1. The van der Waals surface area contributed by atoms with E-state index in [9.17, 15) is 9.59 Å². The molecule has 152 valence electrons. The number of amides is 2. The number of benzene rings is 1. The monoisotopic (exact) mass is 384 g/mol. The molecule has 1 aliphatic heterocycles. The Hall–Kier alpha value is -2.34. The fraction of sp³-hybridized carbons (Fsp3) is 0.545. The third-order valence-corrected chi connectivity index (χ3v) is 5.42. The summed E-state index contributed by atoms with van der Waals surface area (Å²) in [5.74, 6) is 0.441. The molecule has 1 aliphatic rings. The minimum Gasteiger partial charge on any atom is -0.337 e. The molecule has 1 N–H and O–H groups in total. The molecule has 1 saturated heterocycles. The van der Waals surface area contributed by atoms with E-state index in [1.807, 2.05) is 43.0 Å². The maximum atomic E-state index is 13.1. The van der Waals surface area contributed by atoms with Crippen molar-refractivity contribution in [2.75, 3.05) is 38.0 Å². The minimum atomic E-state index is 0.0226. The summed E-state index contributed by atoms with van der Waals surface area (Å²) < 4.78 is 2.07. The maximum absolute atomic E-state index is 13.1. The molecule has 6 nitrogen and oxygen atoms in total. The molecular formula is C22H32N4O2. The van der Waals surface area contributed by atoms with Crippen molar-refractivity contribution >= 4 is 28.4 Å². The number of hydrogen-bond acceptors (Lipinski definition) is 3. The van der Waals surface area contributed by atoms with Crippen LogP contribution in [0.4, 0.5) is 5.69 Å². The van der Waals surface area contributed by atoms with E-state index in [0.29, 0.717) is 12.3 Å². The number of rotatable bonds is 6. The molecule has 0 saturated carbocycles. The summed E-state index contributed by atoms with van der Waals surface area (Å²) in [4.78, 5) is 29.5. The average Bonchev–Trinajstić information content (AvgIpc) is 3.04. The van der Waals surface area contributed by atoms with Crippen LogP contribution in [0.2, 0.25) is 0 Å². The van der Waals surface area contributed by atoms with E-state index < -0.39 is 0 Å². The zero-order valence-corrected chi connectivity index (χ0v) is 17.5. The van der Waals surface area contributed by atoms with Crippen LogP contribution >= 0.6 is 0 Å². The highest BCUT2D eigenvalue weighted by atomic mass is 16.2. The standard InChI is InChI=1S/C22H32N4O2/c1-5-24-9-11-25(12-10-24)22(28)20-15-17-14-18(23-21(27)13-16(3)4)7-8-19(17)26(20)6-2/h7-8,14-16H,5-6,9-13H2,1-4H3,(H,23,27). The van der Waals surface area contributed by atoms with Gasteiger partial charge in [0.2, 0.25) is 5.91 Å². The molecule has 6 heteroatoms. The molecule has 3 rings (SSSR count). The molecule has 0 unspecified atom stereocenters. The first-order valence-electron chi connectivity index (χ1n) is 10.4. The second-order valence-corrected chi connectivity index (χ2v) is 7.92. The summed E-state index contributed by atoms with van der Waals surface area (Å²) in [7, 11) is 0. The molecule has 0 radical (unpaired) electrons. The molecule has 2 heterocycles. The van der Waals surface area contributed by atoms with Crippen LogP contribution in [-0.4, -0.2) is 58.9 Å². The Bertz CT molecular complexity index is 848. The van der Waals surface area contributed by atoms with Gasteiger partial charge in [-0.05, 0) is 43.7 Å². The van der Waals surface area contributed by atoms with Crippen molar-refractivity contribution in [1.82, 2.24) is 14.4 Å². The molecule has 2 amide bonds. The Morgan fingerprint density at radius 1 is 1.04 bits per heavy atom. The van der Waals surface area contributed by atoms with Crippen molar-refractivity contribution in [3.63, 3.8) is 0 Å². The van der Waals surface area contributed by atoms with Crippen molar-refractivity contribution in [2.45, 2.75) is 40.7 Å². The van der Waals surface area contributed by atoms with Crippen molar-refractivity contribution in [2.24, 2.45) is 5.92 Å². The van der Waals surface area contributed by atoms with E-state index in [1.165, 1.54) is 0 Å². The van der Waals surface area contributed by atoms with Crippen LogP contribution in [0, 0.1) is 5.92 Å². The lowest BCUT2D eigenvalue weighted by molar-refractivity contribution is -0.116. The second-order valence-electron chi connectivity index (χ2n) is 7.92. The normalized spacial score (nSPS) is 15.4. The Morgan fingerprint density at radius 2 is 1.75 bits per heavy atom. The number of piperazine rings is 1. The second kappa shape index (κ2) is 8.78. The van der Waals surface area contributed by atoms with Gasteiger partial charge in [0, 0.05) is 55.7 Å². The first-order chi connectivity index (χ1) is 13.4.